The first-order valence-corrected chi connectivity index (χ1v) is 7.25. The lowest BCUT2D eigenvalue weighted by Crippen LogP contribution is -2.45. The fourth-order valence-corrected chi connectivity index (χ4v) is 2.44. The van der Waals surface area contributed by atoms with Crippen LogP contribution in [0.15, 0.2) is 18.2 Å². The van der Waals surface area contributed by atoms with Gasteiger partial charge in [-0.15, -0.1) is 0 Å². The summed E-state index contributed by atoms with van der Waals surface area (Å²) in [6.07, 6.45) is -4.35. The molecular formula is C14H19ClF3N3. The number of hydrogen-bond donors (Lipinski definition) is 1. The number of anilines is 1. The molecule has 118 valence electrons. The molecule has 1 aromatic rings. The summed E-state index contributed by atoms with van der Waals surface area (Å²) in [5.74, 6) is 0. The molecule has 0 unspecified atom stereocenters. The van der Waals surface area contributed by atoms with Crippen LogP contribution in [0.25, 0.3) is 0 Å². The third kappa shape index (κ3) is 4.76. The van der Waals surface area contributed by atoms with Gasteiger partial charge in [0.2, 0.25) is 0 Å². The van der Waals surface area contributed by atoms with Crippen molar-refractivity contribution in [1.82, 2.24) is 9.80 Å². The summed E-state index contributed by atoms with van der Waals surface area (Å²) in [4.78, 5) is 4.54. The summed E-state index contributed by atoms with van der Waals surface area (Å²) in [5.41, 5.74) is -0.352. The average molecular weight is 322 g/mol. The Bertz CT molecular complexity index is 471. The maximum atomic E-state index is 12.7. The van der Waals surface area contributed by atoms with Crippen LogP contribution in [0.3, 0.4) is 0 Å². The van der Waals surface area contributed by atoms with E-state index in [1.165, 1.54) is 6.07 Å². The number of halogens is 4. The number of rotatable bonds is 4. The molecule has 1 saturated heterocycles. The second kappa shape index (κ2) is 6.85. The largest absolute Gasteiger partial charge is 0.416 e. The van der Waals surface area contributed by atoms with Gasteiger partial charge in [-0.05, 0) is 25.2 Å². The quantitative estimate of drug-likeness (QED) is 0.919. The van der Waals surface area contributed by atoms with Gasteiger partial charge < -0.3 is 10.2 Å². The molecule has 0 atom stereocenters. The number of alkyl halides is 3. The molecule has 1 aromatic carbocycles. The van der Waals surface area contributed by atoms with Crippen LogP contribution in [0.1, 0.15) is 5.56 Å². The van der Waals surface area contributed by atoms with Gasteiger partial charge in [0.05, 0.1) is 16.3 Å². The fourth-order valence-electron chi connectivity index (χ4n) is 2.26. The molecule has 0 amide bonds. The third-order valence-corrected chi connectivity index (χ3v) is 3.96. The minimum atomic E-state index is -4.35. The van der Waals surface area contributed by atoms with E-state index in [9.17, 15) is 13.2 Å². The van der Waals surface area contributed by atoms with E-state index in [1.54, 1.807) is 0 Å². The van der Waals surface area contributed by atoms with Crippen LogP contribution in [0.5, 0.6) is 0 Å². The minimum Gasteiger partial charge on any atom is -0.383 e. The molecule has 0 bridgehead atoms. The Morgan fingerprint density at radius 3 is 2.48 bits per heavy atom. The molecule has 21 heavy (non-hydrogen) atoms. The van der Waals surface area contributed by atoms with Crippen molar-refractivity contribution in [3.05, 3.63) is 28.8 Å². The van der Waals surface area contributed by atoms with Crippen LogP contribution in [0.4, 0.5) is 18.9 Å². The van der Waals surface area contributed by atoms with Gasteiger partial charge in [0.15, 0.2) is 0 Å². The molecule has 0 aliphatic carbocycles. The molecular weight excluding hydrogens is 303 g/mol. The monoisotopic (exact) mass is 321 g/mol. The number of piperazine rings is 1. The Hall–Kier alpha value is -0.980. The van der Waals surface area contributed by atoms with Crippen molar-refractivity contribution in [2.45, 2.75) is 6.18 Å². The molecule has 0 radical (unpaired) electrons. The Morgan fingerprint density at radius 1 is 1.19 bits per heavy atom. The number of benzene rings is 1. The van der Waals surface area contributed by atoms with Crippen LogP contribution in [0.2, 0.25) is 5.02 Å². The van der Waals surface area contributed by atoms with Crippen LogP contribution < -0.4 is 5.32 Å². The van der Waals surface area contributed by atoms with E-state index in [2.05, 4.69) is 22.2 Å². The van der Waals surface area contributed by atoms with Gasteiger partial charge in [-0.1, -0.05) is 11.6 Å². The smallest absolute Gasteiger partial charge is 0.383 e. The summed E-state index contributed by atoms with van der Waals surface area (Å²) in [7, 11) is 2.08. The first-order chi connectivity index (χ1) is 9.86. The average Bonchev–Trinajstić information content (AvgIpc) is 2.42. The predicted molar refractivity (Wildman–Crippen MR) is 78.9 cm³/mol. The molecule has 0 saturated carbocycles. The van der Waals surface area contributed by atoms with Gasteiger partial charge in [-0.25, -0.2) is 0 Å². The van der Waals surface area contributed by atoms with Crippen LogP contribution >= 0.6 is 11.6 Å². The molecule has 2 rings (SSSR count). The van der Waals surface area contributed by atoms with Crippen LogP contribution in [0, 0.1) is 0 Å². The zero-order chi connectivity index (χ0) is 15.5. The van der Waals surface area contributed by atoms with E-state index >= 15 is 0 Å². The summed E-state index contributed by atoms with van der Waals surface area (Å²) in [6.45, 7) is 5.36. The molecule has 1 aliphatic rings. The molecule has 1 fully saturated rings. The second-order valence-electron chi connectivity index (χ2n) is 5.26. The molecule has 7 heteroatoms. The van der Waals surface area contributed by atoms with Crippen molar-refractivity contribution < 1.29 is 13.2 Å². The van der Waals surface area contributed by atoms with Crippen molar-refractivity contribution in [2.24, 2.45) is 0 Å². The third-order valence-electron chi connectivity index (χ3n) is 3.63. The summed E-state index contributed by atoms with van der Waals surface area (Å²) >= 11 is 5.94. The van der Waals surface area contributed by atoms with E-state index in [-0.39, 0.29) is 0 Å². The summed E-state index contributed by atoms with van der Waals surface area (Å²) in [5, 5.41) is 3.30. The topological polar surface area (TPSA) is 18.5 Å². The maximum Gasteiger partial charge on any atom is 0.416 e. The number of hydrogen-bond acceptors (Lipinski definition) is 3. The van der Waals surface area contributed by atoms with Gasteiger partial charge in [-0.3, -0.25) is 4.90 Å². The predicted octanol–water partition coefficient (Wildman–Crippen LogP) is 3.02. The lowest BCUT2D eigenvalue weighted by Gasteiger charge is -2.32. The van der Waals surface area contributed by atoms with E-state index in [4.69, 9.17) is 11.6 Å². The number of nitrogens with zero attached hydrogens (tertiary/aromatic N) is 2. The lowest BCUT2D eigenvalue weighted by molar-refractivity contribution is -0.137. The van der Waals surface area contributed by atoms with Crippen molar-refractivity contribution in [3.63, 3.8) is 0 Å². The van der Waals surface area contributed by atoms with Crippen molar-refractivity contribution >= 4 is 17.3 Å². The lowest BCUT2D eigenvalue weighted by atomic mass is 10.2. The highest BCUT2D eigenvalue weighted by molar-refractivity contribution is 6.33. The maximum absolute atomic E-state index is 12.7. The highest BCUT2D eigenvalue weighted by Gasteiger charge is 2.30. The van der Waals surface area contributed by atoms with Gasteiger partial charge >= 0.3 is 6.18 Å². The normalized spacial score (nSPS) is 18.0. The molecule has 1 aliphatic heterocycles. The fraction of sp³-hybridized carbons (Fsp3) is 0.571. The number of nitrogens with one attached hydrogen (secondary N) is 1. The minimum absolute atomic E-state index is 0.307. The molecule has 1 heterocycles. The van der Waals surface area contributed by atoms with Crippen molar-refractivity contribution in [3.8, 4) is 0 Å². The Morgan fingerprint density at radius 2 is 1.86 bits per heavy atom. The van der Waals surface area contributed by atoms with Gasteiger partial charge in [-0.2, -0.15) is 13.2 Å². The first-order valence-electron chi connectivity index (χ1n) is 6.88. The second-order valence-corrected chi connectivity index (χ2v) is 5.67. The zero-order valence-corrected chi connectivity index (χ0v) is 12.6. The Labute approximate surface area is 127 Å². The number of likely N-dealkylation sites (N-methyl/N-ethyl adjacent to an activating group) is 1. The summed E-state index contributed by atoms with van der Waals surface area (Å²) < 4.78 is 38.0. The van der Waals surface area contributed by atoms with Gasteiger partial charge in [0.25, 0.3) is 0 Å². The van der Waals surface area contributed by atoms with Crippen LogP contribution in [-0.4, -0.2) is 56.1 Å². The molecule has 3 nitrogen and oxygen atoms in total. The van der Waals surface area contributed by atoms with E-state index in [0.29, 0.717) is 17.3 Å². The van der Waals surface area contributed by atoms with Crippen LogP contribution in [-0.2, 0) is 6.18 Å². The van der Waals surface area contributed by atoms with Gasteiger partial charge in [0.1, 0.15) is 0 Å². The van der Waals surface area contributed by atoms with Crippen molar-refractivity contribution in [2.75, 3.05) is 51.6 Å². The van der Waals surface area contributed by atoms with Crippen molar-refractivity contribution in [1.29, 1.82) is 0 Å². The molecule has 0 aromatic heterocycles. The van der Waals surface area contributed by atoms with Gasteiger partial charge in [0, 0.05) is 39.3 Å². The molecule has 0 spiro atoms. The molecule has 1 N–H and O–H groups in total. The highest BCUT2D eigenvalue weighted by atomic mass is 35.5. The SMILES string of the molecule is CN1CCN(CCNc2cc(C(F)(F)F)ccc2Cl)CC1. The van der Waals surface area contributed by atoms with E-state index < -0.39 is 11.7 Å². The standard InChI is InChI=1S/C14H19ClF3N3/c1-20-6-8-21(9-7-20)5-4-19-13-10-11(14(16,17)18)2-3-12(13)15/h2-3,10,19H,4-9H2,1H3. The Balaban J connectivity index is 1.88. The zero-order valence-electron chi connectivity index (χ0n) is 11.9. The van der Waals surface area contributed by atoms with E-state index in [1.807, 2.05) is 0 Å². The van der Waals surface area contributed by atoms with E-state index in [0.717, 1.165) is 44.9 Å². The Kier molecular flexibility index (Phi) is 5.35. The first kappa shape index (κ1) is 16.4. The summed E-state index contributed by atoms with van der Waals surface area (Å²) in [6, 6.07) is 3.34. The highest BCUT2D eigenvalue weighted by Crippen LogP contribution is 2.33.